The van der Waals surface area contributed by atoms with Crippen LogP contribution in [-0.2, 0) is 9.59 Å². The van der Waals surface area contributed by atoms with Crippen molar-refractivity contribution in [2.24, 2.45) is 0 Å². The number of ketones is 2. The van der Waals surface area contributed by atoms with Gasteiger partial charge in [-0.15, -0.1) is 0 Å². The molecule has 1 heterocycles. The number of nitrogens with zero attached hydrogens (tertiary/aromatic N) is 1. The third-order valence-corrected chi connectivity index (χ3v) is 4.62. The van der Waals surface area contributed by atoms with E-state index in [1.807, 2.05) is 0 Å². The summed E-state index contributed by atoms with van der Waals surface area (Å²) in [6.45, 7) is 0. The molecule has 0 radical (unpaired) electrons. The number of thioether (sulfide) groups is 1. The number of nitrogens with one attached hydrogen (secondary N) is 1. The van der Waals surface area contributed by atoms with Crippen LogP contribution in [0.1, 0.15) is 5.56 Å². The van der Waals surface area contributed by atoms with Crippen molar-refractivity contribution in [2.45, 2.75) is 11.7 Å². The second kappa shape index (κ2) is 6.31. The van der Waals surface area contributed by atoms with E-state index in [2.05, 4.69) is 0 Å². The molecule has 1 aliphatic carbocycles. The third-order valence-electron chi connectivity index (χ3n) is 3.57. The molecule has 0 saturated carbocycles. The van der Waals surface area contributed by atoms with E-state index in [0.717, 1.165) is 12.1 Å². The molecular weight excluding hydrogens is 395 g/mol. The molecule has 0 aromatic heterocycles. The van der Waals surface area contributed by atoms with E-state index in [9.17, 15) is 31.5 Å². The number of allylic oxidation sites excluding steroid dienone is 4. The smallest absolute Gasteiger partial charge is 0.340 e. The van der Waals surface area contributed by atoms with Crippen molar-refractivity contribution < 1.29 is 36.3 Å². The highest BCUT2D eigenvalue weighted by molar-refractivity contribution is 8.06. The van der Waals surface area contributed by atoms with E-state index in [-0.39, 0.29) is 5.56 Å². The largest absolute Gasteiger partial charge is 0.452 e. The number of rotatable bonds is 3. The fraction of sp³-hybridized carbons (Fsp3) is 0.125. The molecule has 27 heavy (non-hydrogen) atoms. The van der Waals surface area contributed by atoms with Gasteiger partial charge in [0.2, 0.25) is 5.78 Å². The Balaban J connectivity index is 2.19. The molecule has 0 bridgehead atoms. The van der Waals surface area contributed by atoms with E-state index in [1.165, 1.54) is 0 Å². The summed E-state index contributed by atoms with van der Waals surface area (Å²) >= 11 is -0.465. The van der Waals surface area contributed by atoms with Crippen molar-refractivity contribution in [1.82, 2.24) is 0 Å². The minimum absolute atomic E-state index is 0.269. The second-order valence-electron chi connectivity index (χ2n) is 5.29. The van der Waals surface area contributed by atoms with Gasteiger partial charge in [-0.25, -0.2) is 13.2 Å². The average molecular weight is 400 g/mol. The molecule has 11 heteroatoms. The Bertz CT molecular complexity index is 1020. The molecular formula is C16H5F5N2O3S. The number of ether oxygens (including phenoxy) is 1. The van der Waals surface area contributed by atoms with Crippen LogP contribution in [0.15, 0.2) is 40.0 Å². The summed E-state index contributed by atoms with van der Waals surface area (Å²) in [5, 5.41) is 12.2. The van der Waals surface area contributed by atoms with Crippen LogP contribution in [-0.4, -0.2) is 29.0 Å². The normalized spacial score (nSPS) is 18.9. The number of halogens is 5. The van der Waals surface area contributed by atoms with Gasteiger partial charge in [0.1, 0.15) is 17.3 Å². The molecule has 0 unspecified atom stereocenters. The Morgan fingerprint density at radius 1 is 1.19 bits per heavy atom. The molecule has 3 rings (SSSR count). The fourth-order valence-electron chi connectivity index (χ4n) is 2.46. The van der Waals surface area contributed by atoms with Gasteiger partial charge >= 0.3 is 5.25 Å². The molecule has 1 aromatic carbocycles. The maximum absolute atomic E-state index is 13.7. The van der Waals surface area contributed by atoms with Crippen molar-refractivity contribution in [3.63, 3.8) is 0 Å². The first-order valence-electron chi connectivity index (χ1n) is 6.97. The lowest BCUT2D eigenvalue weighted by atomic mass is 9.91. The lowest BCUT2D eigenvalue weighted by Crippen LogP contribution is -2.31. The maximum atomic E-state index is 13.7. The molecule has 0 spiro atoms. The summed E-state index contributed by atoms with van der Waals surface area (Å²) in [5.41, 5.74) is -4.25. The van der Waals surface area contributed by atoms with E-state index in [1.54, 1.807) is 6.07 Å². The van der Waals surface area contributed by atoms with Crippen molar-refractivity contribution >= 4 is 29.0 Å². The zero-order valence-corrected chi connectivity index (χ0v) is 13.6. The minimum Gasteiger partial charge on any atom is -0.452 e. The number of alkyl halides is 4. The van der Waals surface area contributed by atoms with Crippen molar-refractivity contribution in [2.75, 3.05) is 0 Å². The molecule has 5 nitrogen and oxygen atoms in total. The average Bonchev–Trinajstić information content (AvgIpc) is 2.82. The zero-order valence-electron chi connectivity index (χ0n) is 12.8. The summed E-state index contributed by atoms with van der Waals surface area (Å²) in [6.07, 6.45) is -3.54. The van der Waals surface area contributed by atoms with Gasteiger partial charge in [-0.3, -0.25) is 15.0 Å². The third kappa shape index (κ3) is 3.02. The highest BCUT2D eigenvalue weighted by Gasteiger charge is 2.55. The van der Waals surface area contributed by atoms with E-state index in [0.29, 0.717) is 6.07 Å². The highest BCUT2D eigenvalue weighted by atomic mass is 32.2. The summed E-state index contributed by atoms with van der Waals surface area (Å²) in [4.78, 5) is 23.2. The monoisotopic (exact) mass is 400 g/mol. The molecule has 2 aliphatic rings. The van der Waals surface area contributed by atoms with Gasteiger partial charge < -0.3 is 4.74 Å². The Kier molecular flexibility index (Phi) is 4.39. The summed E-state index contributed by atoms with van der Waals surface area (Å²) < 4.78 is 72.9. The standard InChI is InChI=1S/C16H5F5N2O3S/c17-6-1-5(4-22)2-7(3-6)26-12-8(15(18)19)9-13(11(25)10(12)24)27-16(20,21)14(9)23/h1-3,15,23H. The van der Waals surface area contributed by atoms with Crippen LogP contribution in [0.25, 0.3) is 0 Å². The van der Waals surface area contributed by atoms with Gasteiger partial charge in [-0.05, 0) is 23.9 Å². The van der Waals surface area contributed by atoms with Crippen LogP contribution in [0, 0.1) is 22.6 Å². The summed E-state index contributed by atoms with van der Waals surface area (Å²) in [7, 11) is 0. The number of hydrogen-bond donors (Lipinski definition) is 1. The van der Waals surface area contributed by atoms with Crippen molar-refractivity contribution in [3.8, 4) is 11.8 Å². The molecule has 0 amide bonds. The van der Waals surface area contributed by atoms with Crippen LogP contribution in [0.3, 0.4) is 0 Å². The van der Waals surface area contributed by atoms with Gasteiger partial charge in [-0.1, -0.05) is 0 Å². The summed E-state index contributed by atoms with van der Waals surface area (Å²) in [5.74, 6) is -6.01. The molecule has 1 N–H and O–H groups in total. The van der Waals surface area contributed by atoms with Gasteiger partial charge in [0.15, 0.2) is 5.76 Å². The fourth-order valence-corrected chi connectivity index (χ4v) is 3.42. The topological polar surface area (TPSA) is 91.0 Å². The number of hydrogen-bond acceptors (Lipinski definition) is 6. The van der Waals surface area contributed by atoms with Crippen molar-refractivity contribution in [3.05, 3.63) is 51.4 Å². The molecule has 0 saturated heterocycles. The Morgan fingerprint density at radius 2 is 1.85 bits per heavy atom. The lowest BCUT2D eigenvalue weighted by molar-refractivity contribution is -0.133. The quantitative estimate of drug-likeness (QED) is 0.477. The van der Waals surface area contributed by atoms with Crippen LogP contribution < -0.4 is 4.74 Å². The van der Waals surface area contributed by atoms with E-state index < -0.39 is 74.1 Å². The predicted octanol–water partition coefficient (Wildman–Crippen LogP) is 3.36. The Labute approximate surface area is 151 Å². The summed E-state index contributed by atoms with van der Waals surface area (Å²) in [6, 6.07) is 3.93. The highest BCUT2D eigenvalue weighted by Crippen LogP contribution is 2.51. The van der Waals surface area contributed by atoms with E-state index in [4.69, 9.17) is 15.4 Å². The first kappa shape index (κ1) is 18.8. The number of nitriles is 1. The number of carbonyl (C=O) groups is 2. The van der Waals surface area contributed by atoms with Crippen LogP contribution in [0.2, 0.25) is 0 Å². The first-order chi connectivity index (χ1) is 12.6. The van der Waals surface area contributed by atoms with Crippen molar-refractivity contribution in [1.29, 1.82) is 10.7 Å². The zero-order chi connectivity index (χ0) is 20.1. The molecule has 0 atom stereocenters. The molecule has 1 aromatic rings. The van der Waals surface area contributed by atoms with Gasteiger partial charge in [-0.2, -0.15) is 14.0 Å². The van der Waals surface area contributed by atoms with Gasteiger partial charge in [0, 0.05) is 11.6 Å². The van der Waals surface area contributed by atoms with Crippen LogP contribution >= 0.6 is 11.8 Å². The number of Topliss-reactive ketones (excluding diaryl/α,β-unsaturated/α-hetero) is 2. The van der Waals surface area contributed by atoms with Crippen LogP contribution in [0.4, 0.5) is 22.0 Å². The SMILES string of the molecule is N#Cc1cc(F)cc(OC2=C(C(F)F)C3=C(SC(F)(F)C3=N)C(=O)C2=O)c1. The Morgan fingerprint density at radius 3 is 2.44 bits per heavy atom. The number of carbonyl (C=O) groups excluding carboxylic acids is 2. The van der Waals surface area contributed by atoms with Crippen LogP contribution in [0.5, 0.6) is 5.75 Å². The second-order valence-corrected chi connectivity index (χ2v) is 6.41. The molecule has 1 aliphatic heterocycles. The maximum Gasteiger partial charge on any atom is 0.340 e. The molecule has 138 valence electrons. The van der Waals surface area contributed by atoms with Gasteiger partial charge in [0.05, 0.1) is 22.1 Å². The van der Waals surface area contributed by atoms with Gasteiger partial charge in [0.25, 0.3) is 12.2 Å². The van der Waals surface area contributed by atoms with E-state index >= 15 is 0 Å². The number of benzene rings is 1. The first-order valence-corrected chi connectivity index (χ1v) is 7.79. The molecule has 0 fully saturated rings. The minimum atomic E-state index is -3.97. The lowest BCUT2D eigenvalue weighted by Gasteiger charge is -2.20. The predicted molar refractivity (Wildman–Crippen MR) is 82.1 cm³/mol. The Hall–Kier alpha value is -3.00.